The Hall–Kier alpha value is -3.65. The lowest BCUT2D eigenvalue weighted by molar-refractivity contribution is -0.157. The number of esters is 1. The Morgan fingerprint density at radius 3 is 2.30 bits per heavy atom. The van der Waals surface area contributed by atoms with Crippen LogP contribution in [0.5, 0.6) is 0 Å². The Balaban J connectivity index is 1.58. The van der Waals surface area contributed by atoms with Crippen LogP contribution in [-0.4, -0.2) is 29.9 Å². The molecule has 0 unspecified atom stereocenters. The summed E-state index contributed by atoms with van der Waals surface area (Å²) in [6.07, 6.45) is 5.84. The summed E-state index contributed by atoms with van der Waals surface area (Å²) in [6, 6.07) is 22.4. The van der Waals surface area contributed by atoms with E-state index in [2.05, 4.69) is 49.4 Å². The van der Waals surface area contributed by atoms with Gasteiger partial charge in [-0.1, -0.05) is 62.6 Å². The maximum Gasteiger partial charge on any atom is 0.313 e. The van der Waals surface area contributed by atoms with Crippen LogP contribution in [-0.2, 0) is 20.9 Å². The van der Waals surface area contributed by atoms with Crippen molar-refractivity contribution in [2.24, 2.45) is 5.41 Å². The third kappa shape index (κ3) is 6.20. The van der Waals surface area contributed by atoms with Crippen molar-refractivity contribution in [3.8, 4) is 17.2 Å². The van der Waals surface area contributed by atoms with Crippen molar-refractivity contribution >= 4 is 22.6 Å². The van der Waals surface area contributed by atoms with Gasteiger partial charge in [0.05, 0.1) is 23.7 Å². The molecular weight excluding hydrogens is 460 g/mol. The van der Waals surface area contributed by atoms with Gasteiger partial charge in [0, 0.05) is 19.5 Å². The predicted molar refractivity (Wildman–Crippen MR) is 147 cm³/mol. The summed E-state index contributed by atoms with van der Waals surface area (Å²) in [5.74, 6) is -0.0525. The molecule has 0 aromatic heterocycles. The maximum atomic E-state index is 13.3. The molecule has 1 saturated carbocycles. The van der Waals surface area contributed by atoms with Gasteiger partial charge in [0.15, 0.2) is 0 Å². The minimum Gasteiger partial charge on any atom is -0.466 e. The Morgan fingerprint density at radius 2 is 1.62 bits per heavy atom. The maximum absolute atomic E-state index is 13.3. The molecule has 0 aliphatic heterocycles. The second-order valence-electron chi connectivity index (χ2n) is 10.1. The van der Waals surface area contributed by atoms with Crippen LogP contribution in [0.1, 0.15) is 69.9 Å². The lowest BCUT2D eigenvalue weighted by Crippen LogP contribution is -2.44. The highest BCUT2D eigenvalue weighted by atomic mass is 16.5. The quantitative estimate of drug-likeness (QED) is 0.283. The fourth-order valence-corrected chi connectivity index (χ4v) is 5.38. The molecule has 1 fully saturated rings. The van der Waals surface area contributed by atoms with Gasteiger partial charge in [-0.05, 0) is 77.9 Å². The summed E-state index contributed by atoms with van der Waals surface area (Å²) in [7, 11) is 0. The number of hydrogen-bond acceptors (Lipinski definition) is 4. The number of amides is 1. The monoisotopic (exact) mass is 496 g/mol. The molecule has 37 heavy (non-hydrogen) atoms. The number of nitriles is 1. The summed E-state index contributed by atoms with van der Waals surface area (Å²) < 4.78 is 5.47. The van der Waals surface area contributed by atoms with Crippen molar-refractivity contribution in [2.75, 3.05) is 13.2 Å². The number of unbranched alkanes of at least 4 members (excludes halogenated alkanes) is 1. The van der Waals surface area contributed by atoms with Crippen molar-refractivity contribution in [1.82, 2.24) is 4.90 Å². The zero-order valence-electron chi connectivity index (χ0n) is 22.0. The minimum atomic E-state index is -0.593. The van der Waals surface area contributed by atoms with E-state index in [4.69, 9.17) is 10.00 Å². The van der Waals surface area contributed by atoms with E-state index in [-0.39, 0.29) is 11.9 Å². The molecule has 1 aliphatic rings. The van der Waals surface area contributed by atoms with E-state index in [1.165, 1.54) is 0 Å². The molecule has 0 saturated heterocycles. The first-order chi connectivity index (χ1) is 18.0. The Kier molecular flexibility index (Phi) is 8.61. The van der Waals surface area contributed by atoms with E-state index in [0.717, 1.165) is 66.0 Å². The van der Waals surface area contributed by atoms with E-state index < -0.39 is 5.41 Å². The standard InChI is InChI=1S/C32H36N2O3/c1-3-5-8-30(35)34(23-32(17-6-7-18-32)31(36)37-4-2)22-25-11-14-29-20-28(16-15-27(29)19-25)26-12-9-24(21-33)10-13-26/h9-16,19-20H,3-8,17-18,22-23H2,1-2H3. The second kappa shape index (κ2) is 12.1. The zero-order valence-corrected chi connectivity index (χ0v) is 22.0. The topological polar surface area (TPSA) is 70.4 Å². The molecule has 0 heterocycles. The Labute approximate surface area is 220 Å². The molecule has 5 heteroatoms. The molecule has 0 N–H and O–H groups in total. The van der Waals surface area contributed by atoms with Crippen LogP contribution in [0.15, 0.2) is 60.7 Å². The van der Waals surface area contributed by atoms with Crippen LogP contribution in [0.25, 0.3) is 21.9 Å². The third-order valence-corrected chi connectivity index (χ3v) is 7.48. The van der Waals surface area contributed by atoms with Crippen molar-refractivity contribution in [3.05, 3.63) is 71.8 Å². The first kappa shape index (κ1) is 26.4. The largest absolute Gasteiger partial charge is 0.466 e. The number of hydrogen-bond donors (Lipinski definition) is 0. The number of fused-ring (bicyclic) bond motifs is 1. The van der Waals surface area contributed by atoms with E-state index in [0.29, 0.717) is 31.7 Å². The number of carbonyl (C=O) groups excluding carboxylic acids is 2. The van der Waals surface area contributed by atoms with Crippen molar-refractivity contribution < 1.29 is 14.3 Å². The van der Waals surface area contributed by atoms with Crippen molar-refractivity contribution in [3.63, 3.8) is 0 Å². The lowest BCUT2D eigenvalue weighted by atomic mass is 9.85. The van der Waals surface area contributed by atoms with E-state index >= 15 is 0 Å². The van der Waals surface area contributed by atoms with Crippen LogP contribution in [0.4, 0.5) is 0 Å². The van der Waals surface area contributed by atoms with Gasteiger partial charge < -0.3 is 9.64 Å². The molecule has 3 aromatic rings. The van der Waals surface area contributed by atoms with Crippen LogP contribution in [0, 0.1) is 16.7 Å². The third-order valence-electron chi connectivity index (χ3n) is 7.48. The van der Waals surface area contributed by atoms with E-state index in [1.54, 1.807) is 0 Å². The number of nitrogens with zero attached hydrogens (tertiary/aromatic N) is 2. The highest BCUT2D eigenvalue weighted by molar-refractivity contribution is 5.88. The molecule has 0 atom stereocenters. The Morgan fingerprint density at radius 1 is 0.946 bits per heavy atom. The molecule has 192 valence electrons. The fraction of sp³-hybridized carbons (Fsp3) is 0.406. The van der Waals surface area contributed by atoms with Gasteiger partial charge in [0.1, 0.15) is 0 Å². The first-order valence-electron chi connectivity index (χ1n) is 13.5. The molecule has 5 nitrogen and oxygen atoms in total. The molecular formula is C32H36N2O3. The van der Waals surface area contributed by atoms with E-state index in [1.807, 2.05) is 36.1 Å². The highest BCUT2D eigenvalue weighted by Crippen LogP contribution is 2.40. The summed E-state index contributed by atoms with van der Waals surface area (Å²) in [5, 5.41) is 11.3. The molecule has 0 bridgehead atoms. The molecule has 1 amide bonds. The van der Waals surface area contributed by atoms with Gasteiger partial charge in [0.25, 0.3) is 0 Å². The van der Waals surface area contributed by atoms with Crippen LogP contribution in [0.3, 0.4) is 0 Å². The van der Waals surface area contributed by atoms with Gasteiger partial charge in [-0.25, -0.2) is 0 Å². The molecule has 0 radical (unpaired) electrons. The van der Waals surface area contributed by atoms with Crippen LogP contribution < -0.4 is 0 Å². The van der Waals surface area contributed by atoms with Gasteiger partial charge in [-0.15, -0.1) is 0 Å². The first-order valence-corrected chi connectivity index (χ1v) is 13.5. The van der Waals surface area contributed by atoms with Crippen LogP contribution >= 0.6 is 0 Å². The van der Waals surface area contributed by atoms with Gasteiger partial charge in [0.2, 0.25) is 5.91 Å². The number of carbonyl (C=O) groups is 2. The average Bonchev–Trinajstić information content (AvgIpc) is 3.41. The minimum absolute atomic E-state index is 0.105. The zero-order chi connectivity index (χ0) is 26.3. The van der Waals surface area contributed by atoms with Gasteiger partial charge >= 0.3 is 5.97 Å². The molecule has 4 rings (SSSR count). The number of benzene rings is 3. The fourth-order valence-electron chi connectivity index (χ4n) is 5.38. The summed E-state index contributed by atoms with van der Waals surface area (Å²) >= 11 is 0. The SMILES string of the molecule is CCCCC(=O)N(Cc1ccc2cc(-c3ccc(C#N)cc3)ccc2c1)CC1(C(=O)OCC)CCCC1. The van der Waals surface area contributed by atoms with Crippen molar-refractivity contribution in [1.29, 1.82) is 5.26 Å². The van der Waals surface area contributed by atoms with E-state index in [9.17, 15) is 9.59 Å². The molecule has 3 aromatic carbocycles. The van der Waals surface area contributed by atoms with Crippen LogP contribution in [0.2, 0.25) is 0 Å². The smallest absolute Gasteiger partial charge is 0.313 e. The number of rotatable bonds is 10. The summed E-state index contributed by atoms with van der Waals surface area (Å²) in [5.41, 5.74) is 3.28. The highest BCUT2D eigenvalue weighted by Gasteiger charge is 2.44. The molecule has 1 aliphatic carbocycles. The summed E-state index contributed by atoms with van der Waals surface area (Å²) in [4.78, 5) is 28.1. The lowest BCUT2D eigenvalue weighted by Gasteiger charge is -2.34. The number of ether oxygens (including phenoxy) is 1. The predicted octanol–water partition coefficient (Wildman–Crippen LogP) is 7.02. The van der Waals surface area contributed by atoms with Crippen molar-refractivity contribution in [2.45, 2.75) is 65.3 Å². The van der Waals surface area contributed by atoms with Gasteiger partial charge in [-0.3, -0.25) is 9.59 Å². The second-order valence-corrected chi connectivity index (χ2v) is 10.1. The normalized spacial score (nSPS) is 14.3. The average molecular weight is 497 g/mol. The summed E-state index contributed by atoms with van der Waals surface area (Å²) in [6.45, 7) is 5.19. The van der Waals surface area contributed by atoms with Gasteiger partial charge in [-0.2, -0.15) is 5.26 Å². The molecule has 0 spiro atoms. The Bertz CT molecular complexity index is 1280.